The van der Waals surface area contributed by atoms with Crippen molar-refractivity contribution in [3.63, 3.8) is 0 Å². The van der Waals surface area contributed by atoms with E-state index in [1.54, 1.807) is 7.11 Å². The predicted octanol–water partition coefficient (Wildman–Crippen LogP) is 4.16. The Morgan fingerprint density at radius 3 is 2.75 bits per heavy atom. The molecule has 1 atom stereocenters. The number of aliphatic hydroxyl groups is 1. The molecule has 1 fully saturated rings. The van der Waals surface area contributed by atoms with Gasteiger partial charge in [0.2, 0.25) is 0 Å². The first-order valence-corrected chi connectivity index (χ1v) is 7.23. The van der Waals surface area contributed by atoms with Crippen LogP contribution in [0.4, 0.5) is 0 Å². The first-order chi connectivity index (χ1) is 7.56. The second kappa shape index (κ2) is 4.94. The van der Waals surface area contributed by atoms with Crippen LogP contribution in [0.3, 0.4) is 0 Å². The number of methoxy groups -OCH3 is 1. The molecule has 1 heterocycles. The van der Waals surface area contributed by atoms with Crippen molar-refractivity contribution >= 4 is 38.9 Å². The van der Waals surface area contributed by atoms with Gasteiger partial charge in [-0.3, -0.25) is 0 Å². The van der Waals surface area contributed by atoms with Crippen molar-refractivity contribution in [1.82, 2.24) is 0 Å². The van der Waals surface area contributed by atoms with Crippen molar-refractivity contribution < 1.29 is 9.84 Å². The Morgan fingerprint density at radius 1 is 1.69 bits per heavy atom. The highest BCUT2D eigenvalue weighted by Gasteiger charge is 2.39. The summed E-state index contributed by atoms with van der Waals surface area (Å²) in [5, 5.41) is 10.8. The van der Waals surface area contributed by atoms with Crippen molar-refractivity contribution in [3.8, 4) is 0 Å². The van der Waals surface area contributed by atoms with Crippen molar-refractivity contribution in [2.45, 2.75) is 37.4 Å². The van der Waals surface area contributed by atoms with Gasteiger partial charge < -0.3 is 9.84 Å². The Kier molecular flexibility index (Phi) is 3.97. The van der Waals surface area contributed by atoms with Gasteiger partial charge in [0.15, 0.2) is 0 Å². The van der Waals surface area contributed by atoms with Gasteiger partial charge in [0.1, 0.15) is 0 Å². The molecule has 2 nitrogen and oxygen atoms in total. The second-order valence-electron chi connectivity index (χ2n) is 4.23. The van der Waals surface area contributed by atoms with Gasteiger partial charge in [0, 0.05) is 18.4 Å². The molecule has 0 saturated heterocycles. The number of hydrogen-bond acceptors (Lipinski definition) is 3. The Morgan fingerprint density at radius 2 is 2.38 bits per heavy atom. The van der Waals surface area contributed by atoms with Gasteiger partial charge in [-0.25, -0.2) is 0 Å². The fourth-order valence-electron chi connectivity index (χ4n) is 2.04. The van der Waals surface area contributed by atoms with E-state index in [-0.39, 0.29) is 5.60 Å². The number of halogens is 2. The quantitative estimate of drug-likeness (QED) is 0.901. The molecule has 1 aromatic heterocycles. The number of aliphatic hydroxyl groups excluding tert-OH is 1. The normalized spacial score (nSPS) is 20.5. The van der Waals surface area contributed by atoms with Crippen LogP contribution in [0.15, 0.2) is 9.85 Å². The number of hydrogen-bond donors (Lipinski definition) is 1. The zero-order valence-corrected chi connectivity index (χ0v) is 12.2. The summed E-state index contributed by atoms with van der Waals surface area (Å²) in [6.07, 6.45) is 3.46. The molecule has 90 valence electrons. The van der Waals surface area contributed by atoms with E-state index >= 15 is 0 Å². The number of thiophene rings is 1. The van der Waals surface area contributed by atoms with E-state index in [4.69, 9.17) is 16.3 Å². The smallest absolute Gasteiger partial charge is 0.0910 e. The zero-order valence-electron chi connectivity index (χ0n) is 9.00. The maximum Gasteiger partial charge on any atom is 0.0910 e. The Hall–Kier alpha value is 0.390. The van der Waals surface area contributed by atoms with Crippen LogP contribution < -0.4 is 0 Å². The monoisotopic (exact) mass is 324 g/mol. The van der Waals surface area contributed by atoms with Crippen LogP contribution in [0.5, 0.6) is 0 Å². The van der Waals surface area contributed by atoms with E-state index in [0.29, 0.717) is 11.4 Å². The van der Waals surface area contributed by atoms with E-state index in [9.17, 15) is 5.11 Å². The molecule has 1 saturated carbocycles. The first kappa shape index (κ1) is 12.8. The maximum absolute atomic E-state index is 10.1. The Labute approximate surface area is 113 Å². The average Bonchev–Trinajstić information content (AvgIpc) is 2.53. The molecule has 16 heavy (non-hydrogen) atoms. The van der Waals surface area contributed by atoms with E-state index < -0.39 is 6.10 Å². The second-order valence-corrected chi connectivity index (χ2v) is 7.04. The van der Waals surface area contributed by atoms with Gasteiger partial charge >= 0.3 is 0 Å². The third-order valence-electron chi connectivity index (χ3n) is 3.26. The molecule has 5 heteroatoms. The minimum Gasteiger partial charge on any atom is -0.387 e. The lowest BCUT2D eigenvalue weighted by Gasteiger charge is -2.41. The van der Waals surface area contributed by atoms with Crippen LogP contribution in [0.25, 0.3) is 0 Å². The highest BCUT2D eigenvalue weighted by Crippen LogP contribution is 2.44. The van der Waals surface area contributed by atoms with Gasteiger partial charge in [-0.05, 0) is 41.3 Å². The van der Waals surface area contributed by atoms with Gasteiger partial charge in [-0.2, -0.15) is 0 Å². The predicted molar refractivity (Wildman–Crippen MR) is 70.2 cm³/mol. The van der Waals surface area contributed by atoms with Crippen LogP contribution >= 0.6 is 38.9 Å². The lowest BCUT2D eigenvalue weighted by atomic mass is 9.76. The first-order valence-electron chi connectivity index (χ1n) is 5.24. The fraction of sp³-hybridized carbons (Fsp3) is 0.636. The summed E-state index contributed by atoms with van der Waals surface area (Å²) < 4.78 is 6.38. The van der Waals surface area contributed by atoms with Crippen LogP contribution in [0.2, 0.25) is 5.02 Å². The molecule has 0 aliphatic heterocycles. The summed E-state index contributed by atoms with van der Waals surface area (Å²) in [7, 11) is 1.73. The molecular weight excluding hydrogens is 312 g/mol. The zero-order chi connectivity index (χ0) is 11.8. The molecule has 0 radical (unpaired) electrons. The third-order valence-corrected chi connectivity index (χ3v) is 5.83. The average molecular weight is 326 g/mol. The van der Waals surface area contributed by atoms with E-state index in [1.165, 1.54) is 17.8 Å². The molecule has 2 rings (SSSR count). The lowest BCUT2D eigenvalue weighted by molar-refractivity contribution is -0.0994. The number of rotatable bonds is 4. The summed E-state index contributed by atoms with van der Waals surface area (Å²) in [5.41, 5.74) is -0.109. The molecule has 0 aromatic carbocycles. The summed E-state index contributed by atoms with van der Waals surface area (Å²) in [6.45, 7) is 0. The topological polar surface area (TPSA) is 29.5 Å². The van der Waals surface area contributed by atoms with Crippen molar-refractivity contribution in [2.24, 2.45) is 0 Å². The molecule has 0 bridgehead atoms. The van der Waals surface area contributed by atoms with Crippen LogP contribution in [0, 0.1) is 0 Å². The summed E-state index contributed by atoms with van der Waals surface area (Å²) >= 11 is 10.8. The van der Waals surface area contributed by atoms with Crippen LogP contribution in [0.1, 0.15) is 36.7 Å². The van der Waals surface area contributed by atoms with Crippen molar-refractivity contribution in [2.75, 3.05) is 7.11 Å². The summed E-state index contributed by atoms with van der Waals surface area (Å²) in [4.78, 5) is 0.903. The van der Waals surface area contributed by atoms with Gasteiger partial charge in [-0.1, -0.05) is 11.6 Å². The molecule has 1 unspecified atom stereocenters. The summed E-state index contributed by atoms with van der Waals surface area (Å²) in [6, 6.07) is 1.82. The maximum atomic E-state index is 10.1. The van der Waals surface area contributed by atoms with Gasteiger partial charge in [0.05, 0.1) is 20.5 Å². The van der Waals surface area contributed by atoms with Crippen LogP contribution in [-0.2, 0) is 4.74 Å². The molecule has 0 amide bonds. The molecule has 0 spiro atoms. The Balaban J connectivity index is 2.05. The van der Waals surface area contributed by atoms with E-state index in [0.717, 1.165) is 21.5 Å². The Bertz CT molecular complexity index is 351. The molecule has 1 aliphatic carbocycles. The molecule has 1 aromatic rings. The van der Waals surface area contributed by atoms with Crippen molar-refractivity contribution in [1.29, 1.82) is 0 Å². The molecule has 1 aliphatic rings. The van der Waals surface area contributed by atoms with Gasteiger partial charge in [0.25, 0.3) is 0 Å². The SMILES string of the molecule is COC1(CC(O)c2cc(Cl)c(Br)s2)CCC1. The fourth-order valence-corrected chi connectivity index (χ4v) is 3.78. The molecular formula is C11H14BrClO2S. The summed E-state index contributed by atoms with van der Waals surface area (Å²) in [5.74, 6) is 0. The number of ether oxygens (including phenoxy) is 1. The van der Waals surface area contributed by atoms with Crippen LogP contribution in [-0.4, -0.2) is 17.8 Å². The van der Waals surface area contributed by atoms with Gasteiger partial charge in [-0.15, -0.1) is 11.3 Å². The lowest BCUT2D eigenvalue weighted by Crippen LogP contribution is -2.40. The molecule has 1 N–H and O–H groups in total. The minimum absolute atomic E-state index is 0.109. The van der Waals surface area contributed by atoms with E-state index in [2.05, 4.69) is 15.9 Å². The highest BCUT2D eigenvalue weighted by atomic mass is 79.9. The minimum atomic E-state index is -0.478. The standard InChI is InChI=1S/C11H14BrClO2S/c1-15-11(3-2-4-11)6-8(14)9-5-7(13)10(12)16-9/h5,8,14H,2-4,6H2,1H3. The van der Waals surface area contributed by atoms with E-state index in [1.807, 2.05) is 6.07 Å². The largest absolute Gasteiger partial charge is 0.387 e. The highest BCUT2D eigenvalue weighted by molar-refractivity contribution is 9.11. The third kappa shape index (κ3) is 2.46. The van der Waals surface area contributed by atoms with Crippen molar-refractivity contribution in [3.05, 3.63) is 19.8 Å².